The fourth-order valence-electron chi connectivity index (χ4n) is 2.94. The maximum atomic E-state index is 5.81. The Labute approximate surface area is 123 Å². The van der Waals surface area contributed by atoms with Crippen molar-refractivity contribution in [2.45, 2.75) is 53.0 Å². The summed E-state index contributed by atoms with van der Waals surface area (Å²) in [6.45, 7) is 9.88. The minimum Gasteiger partial charge on any atom is -0.493 e. The summed E-state index contributed by atoms with van der Waals surface area (Å²) in [5.41, 5.74) is 1.19. The van der Waals surface area contributed by atoms with Gasteiger partial charge in [-0.15, -0.1) is 0 Å². The summed E-state index contributed by atoms with van der Waals surface area (Å²) in [6, 6.07) is 9.00. The summed E-state index contributed by atoms with van der Waals surface area (Å²) in [7, 11) is 0. The van der Waals surface area contributed by atoms with Gasteiger partial charge in [-0.25, -0.2) is 0 Å². The Morgan fingerprint density at radius 2 is 2.05 bits per heavy atom. The van der Waals surface area contributed by atoms with Crippen molar-refractivity contribution in [3.8, 4) is 5.75 Å². The Hall–Kier alpha value is -1.18. The highest BCUT2D eigenvalue weighted by Crippen LogP contribution is 2.32. The Bertz CT molecular complexity index is 416. The molecule has 2 nitrogen and oxygen atoms in total. The van der Waals surface area contributed by atoms with Gasteiger partial charge in [0.15, 0.2) is 0 Å². The summed E-state index contributed by atoms with van der Waals surface area (Å²) in [5, 5.41) is 3.71. The molecule has 0 heterocycles. The zero-order valence-corrected chi connectivity index (χ0v) is 13.4. The van der Waals surface area contributed by atoms with Crippen LogP contribution in [0.1, 0.15) is 47.0 Å². The van der Waals surface area contributed by atoms with E-state index in [1.165, 1.54) is 24.9 Å². The molecule has 0 aliphatic heterocycles. The van der Waals surface area contributed by atoms with Crippen molar-refractivity contribution >= 4 is 5.69 Å². The van der Waals surface area contributed by atoms with Crippen molar-refractivity contribution in [3.05, 3.63) is 24.3 Å². The smallest absolute Gasteiger partial charge is 0.121 e. The van der Waals surface area contributed by atoms with E-state index in [9.17, 15) is 0 Å². The van der Waals surface area contributed by atoms with Crippen molar-refractivity contribution < 1.29 is 4.74 Å². The Morgan fingerprint density at radius 1 is 1.25 bits per heavy atom. The maximum Gasteiger partial charge on any atom is 0.121 e. The van der Waals surface area contributed by atoms with Crippen molar-refractivity contribution in [1.82, 2.24) is 0 Å². The molecule has 20 heavy (non-hydrogen) atoms. The van der Waals surface area contributed by atoms with Gasteiger partial charge >= 0.3 is 0 Å². The second kappa shape index (κ2) is 7.01. The molecule has 2 rings (SSSR count). The van der Waals surface area contributed by atoms with E-state index >= 15 is 0 Å². The normalized spacial score (nSPS) is 26.6. The molecule has 0 aromatic heterocycles. The van der Waals surface area contributed by atoms with Crippen LogP contribution in [0.4, 0.5) is 5.69 Å². The van der Waals surface area contributed by atoms with E-state index in [-0.39, 0.29) is 0 Å². The lowest BCUT2D eigenvalue weighted by Crippen LogP contribution is -2.34. The van der Waals surface area contributed by atoms with E-state index in [4.69, 9.17) is 4.74 Å². The second-order valence-corrected chi connectivity index (χ2v) is 6.75. The quantitative estimate of drug-likeness (QED) is 0.820. The third-order valence-electron chi connectivity index (χ3n) is 4.48. The van der Waals surface area contributed by atoms with Gasteiger partial charge in [-0.05, 0) is 36.3 Å². The second-order valence-electron chi connectivity index (χ2n) is 6.75. The fourth-order valence-corrected chi connectivity index (χ4v) is 2.94. The molecule has 1 aromatic carbocycles. The molecule has 0 radical (unpaired) electrons. The molecule has 1 aromatic rings. The van der Waals surface area contributed by atoms with Crippen molar-refractivity contribution in [2.75, 3.05) is 11.9 Å². The summed E-state index contributed by atoms with van der Waals surface area (Å²) >= 11 is 0. The SMILES string of the molecule is CC(C)COc1cccc(NC2CCCC(C)C2C)c1. The third kappa shape index (κ3) is 4.16. The first kappa shape index (κ1) is 15.2. The standard InChI is InChI=1S/C18H29NO/c1-13(2)12-20-17-9-6-8-16(11-17)19-18-10-5-7-14(3)15(18)4/h6,8-9,11,13-15,18-19H,5,7,10,12H2,1-4H3. The molecule has 0 bridgehead atoms. The van der Waals surface area contributed by atoms with Crippen LogP contribution in [0.5, 0.6) is 5.75 Å². The molecule has 3 unspecified atom stereocenters. The van der Waals surface area contributed by atoms with Gasteiger partial charge in [0.25, 0.3) is 0 Å². The van der Waals surface area contributed by atoms with Gasteiger partial charge in [-0.1, -0.05) is 46.6 Å². The van der Waals surface area contributed by atoms with Gasteiger partial charge in [-0.2, -0.15) is 0 Å². The molecule has 0 spiro atoms. The number of hydrogen-bond donors (Lipinski definition) is 1. The molecule has 1 aliphatic rings. The van der Waals surface area contributed by atoms with E-state index in [0.717, 1.165) is 24.2 Å². The molecule has 2 heteroatoms. The fraction of sp³-hybridized carbons (Fsp3) is 0.667. The van der Waals surface area contributed by atoms with E-state index in [0.29, 0.717) is 12.0 Å². The van der Waals surface area contributed by atoms with Gasteiger partial charge < -0.3 is 10.1 Å². The van der Waals surface area contributed by atoms with E-state index in [2.05, 4.69) is 51.2 Å². The number of benzene rings is 1. The number of ether oxygens (including phenoxy) is 1. The number of hydrogen-bond acceptors (Lipinski definition) is 2. The van der Waals surface area contributed by atoms with Crippen molar-refractivity contribution in [2.24, 2.45) is 17.8 Å². The van der Waals surface area contributed by atoms with Crippen molar-refractivity contribution in [1.29, 1.82) is 0 Å². The van der Waals surface area contributed by atoms with Crippen LogP contribution < -0.4 is 10.1 Å². The molecule has 1 fully saturated rings. The van der Waals surface area contributed by atoms with Crippen LogP contribution in [0.25, 0.3) is 0 Å². The van der Waals surface area contributed by atoms with Gasteiger partial charge in [0.05, 0.1) is 6.61 Å². The number of rotatable bonds is 5. The van der Waals surface area contributed by atoms with E-state index in [1.54, 1.807) is 0 Å². The molecule has 1 aliphatic carbocycles. The van der Waals surface area contributed by atoms with E-state index < -0.39 is 0 Å². The van der Waals surface area contributed by atoms with Crippen LogP contribution in [0.3, 0.4) is 0 Å². The lowest BCUT2D eigenvalue weighted by Gasteiger charge is -2.35. The molecule has 3 atom stereocenters. The Balaban J connectivity index is 1.96. The monoisotopic (exact) mass is 275 g/mol. The minimum atomic E-state index is 0.561. The van der Waals surface area contributed by atoms with Crippen LogP contribution in [-0.2, 0) is 0 Å². The Kier molecular flexibility index (Phi) is 5.33. The average molecular weight is 275 g/mol. The molecule has 112 valence electrons. The van der Waals surface area contributed by atoms with Gasteiger partial charge in [0.2, 0.25) is 0 Å². The van der Waals surface area contributed by atoms with Crippen molar-refractivity contribution in [3.63, 3.8) is 0 Å². The van der Waals surface area contributed by atoms with Gasteiger partial charge in [-0.3, -0.25) is 0 Å². The first-order valence-corrected chi connectivity index (χ1v) is 8.05. The minimum absolute atomic E-state index is 0.561. The highest BCUT2D eigenvalue weighted by molar-refractivity contribution is 5.49. The molecule has 1 saturated carbocycles. The average Bonchev–Trinajstić information content (AvgIpc) is 2.42. The molecule has 0 amide bonds. The zero-order valence-electron chi connectivity index (χ0n) is 13.4. The largest absolute Gasteiger partial charge is 0.493 e. The predicted octanol–water partition coefficient (Wildman–Crippen LogP) is 4.96. The highest BCUT2D eigenvalue weighted by atomic mass is 16.5. The van der Waals surface area contributed by atoms with Crippen LogP contribution in [0, 0.1) is 17.8 Å². The van der Waals surface area contributed by atoms with Crippen LogP contribution in [0.15, 0.2) is 24.3 Å². The van der Waals surface area contributed by atoms with Gasteiger partial charge in [0, 0.05) is 17.8 Å². The first-order chi connectivity index (χ1) is 9.56. The Morgan fingerprint density at radius 3 is 2.80 bits per heavy atom. The van der Waals surface area contributed by atoms with Crippen LogP contribution in [0.2, 0.25) is 0 Å². The predicted molar refractivity (Wildman–Crippen MR) is 86.4 cm³/mol. The summed E-state index contributed by atoms with van der Waals surface area (Å²) in [4.78, 5) is 0. The lowest BCUT2D eigenvalue weighted by atomic mass is 9.78. The number of nitrogens with one attached hydrogen (secondary N) is 1. The molecule has 1 N–H and O–H groups in total. The van der Waals surface area contributed by atoms with Crippen LogP contribution >= 0.6 is 0 Å². The topological polar surface area (TPSA) is 21.3 Å². The highest BCUT2D eigenvalue weighted by Gasteiger charge is 2.26. The molecule has 0 saturated heterocycles. The lowest BCUT2D eigenvalue weighted by molar-refractivity contribution is 0.253. The third-order valence-corrected chi connectivity index (χ3v) is 4.48. The summed E-state index contributed by atoms with van der Waals surface area (Å²) < 4.78 is 5.81. The zero-order chi connectivity index (χ0) is 14.5. The molecular weight excluding hydrogens is 246 g/mol. The van der Waals surface area contributed by atoms with Gasteiger partial charge in [0.1, 0.15) is 5.75 Å². The first-order valence-electron chi connectivity index (χ1n) is 8.05. The van der Waals surface area contributed by atoms with Crippen LogP contribution in [-0.4, -0.2) is 12.6 Å². The maximum absolute atomic E-state index is 5.81. The van der Waals surface area contributed by atoms with E-state index in [1.807, 2.05) is 6.07 Å². The summed E-state index contributed by atoms with van der Waals surface area (Å²) in [5.74, 6) is 3.09. The molecular formula is C18H29NO. The summed E-state index contributed by atoms with van der Waals surface area (Å²) in [6.07, 6.45) is 3.99. The number of anilines is 1.